The Morgan fingerprint density at radius 1 is 1.03 bits per heavy atom. The quantitative estimate of drug-likeness (QED) is 0.689. The van der Waals surface area contributed by atoms with Crippen molar-refractivity contribution in [1.82, 2.24) is 0 Å². The maximum atomic E-state index is 13.3. The van der Waals surface area contributed by atoms with Gasteiger partial charge in [0.25, 0.3) is 0 Å². The van der Waals surface area contributed by atoms with Gasteiger partial charge in [0.1, 0.15) is 0 Å². The van der Waals surface area contributed by atoms with Crippen LogP contribution in [0.2, 0.25) is 0 Å². The first-order valence-electron chi connectivity index (χ1n) is 9.57. The molecule has 1 saturated heterocycles. The van der Waals surface area contributed by atoms with Crippen LogP contribution in [0.15, 0.2) is 30.3 Å². The summed E-state index contributed by atoms with van der Waals surface area (Å²) in [4.78, 5) is 13.3. The van der Waals surface area contributed by atoms with Crippen LogP contribution in [-0.2, 0) is 4.74 Å². The fourth-order valence-corrected chi connectivity index (χ4v) is 4.03. The SMILES string of the molecule is COc1cc(C(=O)[C@H]2CO[C@H](c3ccc4c(c3)OCO4)[C@H]2CO)cc(OC)c1OC. The summed E-state index contributed by atoms with van der Waals surface area (Å²) < 4.78 is 32.8. The van der Waals surface area contributed by atoms with Crippen molar-refractivity contribution in [1.29, 1.82) is 0 Å². The van der Waals surface area contributed by atoms with E-state index < -0.39 is 17.9 Å². The predicted octanol–water partition coefficient (Wildman–Crippen LogP) is 2.62. The zero-order chi connectivity index (χ0) is 21.3. The Labute approximate surface area is 174 Å². The number of aliphatic hydroxyl groups excluding tert-OH is 1. The Kier molecular flexibility index (Phi) is 5.69. The fourth-order valence-electron chi connectivity index (χ4n) is 4.03. The van der Waals surface area contributed by atoms with Crippen LogP contribution in [-0.4, -0.2) is 52.2 Å². The van der Waals surface area contributed by atoms with Crippen LogP contribution in [0.25, 0.3) is 0 Å². The number of ketones is 1. The average Bonchev–Trinajstić information content (AvgIpc) is 3.43. The van der Waals surface area contributed by atoms with E-state index in [2.05, 4.69) is 0 Å². The van der Waals surface area contributed by atoms with Crippen molar-refractivity contribution in [2.75, 3.05) is 41.3 Å². The number of ether oxygens (including phenoxy) is 6. The lowest BCUT2D eigenvalue weighted by molar-refractivity contribution is 0.0713. The van der Waals surface area contributed by atoms with Gasteiger partial charge in [0.05, 0.1) is 40.0 Å². The predicted molar refractivity (Wildman–Crippen MR) is 106 cm³/mol. The van der Waals surface area contributed by atoms with E-state index in [4.69, 9.17) is 28.4 Å². The van der Waals surface area contributed by atoms with Gasteiger partial charge in [-0.1, -0.05) is 6.07 Å². The first-order valence-corrected chi connectivity index (χ1v) is 9.57. The number of aliphatic hydroxyl groups is 1. The van der Waals surface area contributed by atoms with Crippen LogP contribution >= 0.6 is 0 Å². The molecule has 2 aromatic rings. The molecule has 8 heteroatoms. The second-order valence-electron chi connectivity index (χ2n) is 7.10. The number of carbonyl (C=O) groups is 1. The molecule has 2 aromatic carbocycles. The highest BCUT2D eigenvalue weighted by Gasteiger charge is 2.42. The van der Waals surface area contributed by atoms with Crippen molar-refractivity contribution in [3.63, 3.8) is 0 Å². The third-order valence-electron chi connectivity index (χ3n) is 5.58. The van der Waals surface area contributed by atoms with Crippen LogP contribution in [0.4, 0.5) is 0 Å². The van der Waals surface area contributed by atoms with Gasteiger partial charge in [-0.2, -0.15) is 0 Å². The molecule has 2 heterocycles. The fraction of sp³-hybridized carbons (Fsp3) is 0.409. The van der Waals surface area contributed by atoms with Crippen LogP contribution in [0.1, 0.15) is 22.0 Å². The molecule has 2 aliphatic rings. The van der Waals surface area contributed by atoms with E-state index in [0.717, 1.165) is 5.56 Å². The van der Waals surface area contributed by atoms with Crippen LogP contribution in [0.5, 0.6) is 28.7 Å². The highest BCUT2D eigenvalue weighted by atomic mass is 16.7. The minimum Gasteiger partial charge on any atom is -0.493 e. The lowest BCUT2D eigenvalue weighted by Gasteiger charge is -2.21. The zero-order valence-corrected chi connectivity index (χ0v) is 17.0. The summed E-state index contributed by atoms with van der Waals surface area (Å²) >= 11 is 0. The topological polar surface area (TPSA) is 92.7 Å². The maximum Gasteiger partial charge on any atom is 0.231 e. The monoisotopic (exact) mass is 416 g/mol. The van der Waals surface area contributed by atoms with Gasteiger partial charge < -0.3 is 33.5 Å². The Hall–Kier alpha value is -2.97. The molecule has 1 N–H and O–H groups in total. The molecule has 0 amide bonds. The lowest BCUT2D eigenvalue weighted by Crippen LogP contribution is -2.26. The Morgan fingerprint density at radius 2 is 1.73 bits per heavy atom. The van der Waals surface area contributed by atoms with Crippen molar-refractivity contribution in [2.45, 2.75) is 6.10 Å². The van der Waals surface area contributed by atoms with Gasteiger partial charge in [0.15, 0.2) is 28.8 Å². The molecule has 0 radical (unpaired) electrons. The minimum absolute atomic E-state index is 0.156. The molecule has 2 aliphatic heterocycles. The summed E-state index contributed by atoms with van der Waals surface area (Å²) in [5.74, 6) is 1.42. The van der Waals surface area contributed by atoms with Gasteiger partial charge >= 0.3 is 0 Å². The first kappa shape index (κ1) is 20.3. The molecule has 0 unspecified atom stereocenters. The van der Waals surface area contributed by atoms with E-state index in [1.165, 1.54) is 21.3 Å². The largest absolute Gasteiger partial charge is 0.493 e. The van der Waals surface area contributed by atoms with Crippen molar-refractivity contribution >= 4 is 5.78 Å². The van der Waals surface area contributed by atoms with Gasteiger partial charge in [0.2, 0.25) is 12.5 Å². The van der Waals surface area contributed by atoms with Crippen molar-refractivity contribution in [3.05, 3.63) is 41.5 Å². The van der Waals surface area contributed by atoms with Crippen LogP contribution < -0.4 is 23.7 Å². The summed E-state index contributed by atoms with van der Waals surface area (Å²) in [5.41, 5.74) is 1.24. The summed E-state index contributed by atoms with van der Waals surface area (Å²) in [6, 6.07) is 8.75. The molecule has 3 atom stereocenters. The number of Topliss-reactive ketones (excluding diaryl/α,β-unsaturated/α-hetero) is 1. The molecular weight excluding hydrogens is 392 g/mol. The van der Waals surface area contributed by atoms with E-state index in [-0.39, 0.29) is 25.8 Å². The molecule has 0 aromatic heterocycles. The summed E-state index contributed by atoms with van der Waals surface area (Å²) in [6.07, 6.45) is -0.430. The number of methoxy groups -OCH3 is 3. The highest BCUT2D eigenvalue weighted by Crippen LogP contribution is 2.44. The Balaban J connectivity index is 1.62. The highest BCUT2D eigenvalue weighted by molar-refractivity contribution is 5.99. The van der Waals surface area contributed by atoms with Crippen molar-refractivity contribution < 1.29 is 38.3 Å². The molecule has 30 heavy (non-hydrogen) atoms. The molecular formula is C22H24O8. The minimum atomic E-state index is -0.520. The average molecular weight is 416 g/mol. The van der Waals surface area contributed by atoms with Gasteiger partial charge in [-0.3, -0.25) is 4.79 Å². The molecule has 4 rings (SSSR count). The molecule has 8 nitrogen and oxygen atoms in total. The van der Waals surface area contributed by atoms with Crippen LogP contribution in [0, 0.1) is 11.8 Å². The van der Waals surface area contributed by atoms with Crippen molar-refractivity contribution in [2.24, 2.45) is 11.8 Å². The normalized spacial score (nSPS) is 22.1. The second-order valence-corrected chi connectivity index (χ2v) is 7.10. The van der Waals surface area contributed by atoms with E-state index in [0.29, 0.717) is 34.3 Å². The van der Waals surface area contributed by atoms with E-state index in [1.807, 2.05) is 18.2 Å². The van der Waals surface area contributed by atoms with Crippen LogP contribution in [0.3, 0.4) is 0 Å². The summed E-state index contributed by atoms with van der Waals surface area (Å²) in [6.45, 7) is 0.176. The van der Waals surface area contributed by atoms with E-state index >= 15 is 0 Å². The number of hydrogen-bond acceptors (Lipinski definition) is 8. The zero-order valence-electron chi connectivity index (χ0n) is 17.0. The molecule has 0 aliphatic carbocycles. The van der Waals surface area contributed by atoms with E-state index in [9.17, 15) is 9.90 Å². The number of benzene rings is 2. The number of fused-ring (bicyclic) bond motifs is 1. The molecule has 0 bridgehead atoms. The van der Waals surface area contributed by atoms with Gasteiger partial charge in [-0.15, -0.1) is 0 Å². The molecule has 0 saturated carbocycles. The number of hydrogen-bond donors (Lipinski definition) is 1. The van der Waals surface area contributed by atoms with Crippen molar-refractivity contribution in [3.8, 4) is 28.7 Å². The Bertz CT molecular complexity index is 916. The molecule has 160 valence electrons. The number of carbonyl (C=O) groups excluding carboxylic acids is 1. The first-order chi connectivity index (χ1) is 14.6. The number of rotatable bonds is 7. The summed E-state index contributed by atoms with van der Waals surface area (Å²) in [7, 11) is 4.50. The maximum absolute atomic E-state index is 13.3. The molecule has 0 spiro atoms. The summed E-state index contributed by atoms with van der Waals surface area (Å²) in [5, 5.41) is 10.1. The smallest absolute Gasteiger partial charge is 0.231 e. The Morgan fingerprint density at radius 3 is 2.37 bits per heavy atom. The lowest BCUT2D eigenvalue weighted by atomic mass is 9.83. The molecule has 1 fully saturated rings. The van der Waals surface area contributed by atoms with Gasteiger partial charge in [0, 0.05) is 18.1 Å². The van der Waals surface area contributed by atoms with E-state index in [1.54, 1.807) is 12.1 Å². The third-order valence-corrected chi connectivity index (χ3v) is 5.58. The standard InChI is InChI=1S/C22H24O8/c1-25-18-7-13(8-19(26-2)22(18)27-3)20(24)15-10-28-21(14(15)9-23)12-4-5-16-17(6-12)30-11-29-16/h4-8,14-15,21,23H,9-11H2,1-3H3/t14-,15-,21+/m0/s1. The van der Waals surface area contributed by atoms with Gasteiger partial charge in [-0.05, 0) is 29.8 Å². The van der Waals surface area contributed by atoms with Gasteiger partial charge in [-0.25, -0.2) is 0 Å². The third kappa shape index (κ3) is 3.42. The second kappa shape index (κ2) is 8.41.